The first-order valence-corrected chi connectivity index (χ1v) is 7.60. The minimum Gasteiger partial charge on any atom is -0.461 e. The number of ether oxygens (including phenoxy) is 2. The van der Waals surface area contributed by atoms with Crippen molar-refractivity contribution in [1.82, 2.24) is 0 Å². The van der Waals surface area contributed by atoms with Crippen LogP contribution in [0.2, 0.25) is 0 Å². The molecule has 6 nitrogen and oxygen atoms in total. The number of hydrogen-bond donors (Lipinski definition) is 0. The number of carbonyl (C=O) groups excluding carboxylic acids is 1. The van der Waals surface area contributed by atoms with Crippen LogP contribution in [0.1, 0.15) is 25.0 Å². The van der Waals surface area contributed by atoms with Crippen molar-refractivity contribution in [1.29, 1.82) is 0 Å². The minimum absolute atomic E-state index is 0.210. The number of morpholine rings is 1. The van der Waals surface area contributed by atoms with Crippen molar-refractivity contribution in [3.05, 3.63) is 29.8 Å². The zero-order chi connectivity index (χ0) is 15.4. The maximum Gasteiger partial charge on any atom is 0.356 e. The average molecular weight is 304 g/mol. The normalized spacial score (nSPS) is 21.2. The molecule has 0 bridgehead atoms. The van der Waals surface area contributed by atoms with E-state index in [0.29, 0.717) is 18.7 Å². The monoisotopic (exact) mass is 304 g/mol. The van der Waals surface area contributed by atoms with Crippen LogP contribution < -0.4 is 4.90 Å². The van der Waals surface area contributed by atoms with E-state index in [1.54, 1.807) is 6.92 Å². The number of oxime groups is 1. The molecule has 6 heteroatoms. The first-order valence-electron chi connectivity index (χ1n) is 7.60. The first-order chi connectivity index (χ1) is 10.8. The summed E-state index contributed by atoms with van der Waals surface area (Å²) >= 11 is 0. The fourth-order valence-electron chi connectivity index (χ4n) is 2.61. The van der Waals surface area contributed by atoms with E-state index in [1.807, 2.05) is 12.1 Å². The molecule has 1 aromatic carbocycles. The van der Waals surface area contributed by atoms with Crippen molar-refractivity contribution in [3.8, 4) is 0 Å². The van der Waals surface area contributed by atoms with Crippen molar-refractivity contribution in [2.24, 2.45) is 5.16 Å². The fourth-order valence-corrected chi connectivity index (χ4v) is 2.61. The molecule has 0 amide bonds. The third kappa shape index (κ3) is 3.22. The molecule has 0 saturated carbocycles. The van der Waals surface area contributed by atoms with Crippen molar-refractivity contribution in [2.75, 3.05) is 37.8 Å². The Morgan fingerprint density at radius 2 is 2.05 bits per heavy atom. The van der Waals surface area contributed by atoms with Crippen molar-refractivity contribution < 1.29 is 19.1 Å². The summed E-state index contributed by atoms with van der Waals surface area (Å²) in [6.45, 7) is 5.48. The minimum atomic E-state index is -0.394. The molecular weight excluding hydrogens is 284 g/mol. The molecule has 1 fully saturated rings. The van der Waals surface area contributed by atoms with Gasteiger partial charge in [0, 0.05) is 25.2 Å². The number of rotatable bonds is 4. The lowest BCUT2D eigenvalue weighted by atomic mass is 10.0. The van der Waals surface area contributed by atoms with Crippen LogP contribution in [0.4, 0.5) is 5.69 Å². The molecule has 1 aromatic rings. The molecule has 2 aliphatic rings. The summed E-state index contributed by atoms with van der Waals surface area (Å²) in [6.07, 6.45) is 0.244. The molecule has 3 rings (SSSR count). The van der Waals surface area contributed by atoms with E-state index >= 15 is 0 Å². The van der Waals surface area contributed by atoms with Gasteiger partial charge in [-0.25, -0.2) is 4.79 Å². The SMILES string of the molecule is CCOC(=O)C1=NOC(c2ccc(N3CCOCC3)cc2)C1. The van der Waals surface area contributed by atoms with E-state index in [-0.39, 0.29) is 6.10 Å². The Labute approximate surface area is 129 Å². The van der Waals surface area contributed by atoms with Crippen molar-refractivity contribution >= 4 is 17.4 Å². The second kappa shape index (κ2) is 6.79. The van der Waals surface area contributed by atoms with Gasteiger partial charge in [-0.2, -0.15) is 0 Å². The zero-order valence-corrected chi connectivity index (χ0v) is 12.7. The highest BCUT2D eigenvalue weighted by Crippen LogP contribution is 2.29. The quantitative estimate of drug-likeness (QED) is 0.795. The maximum atomic E-state index is 11.6. The topological polar surface area (TPSA) is 60.4 Å². The molecule has 0 aliphatic carbocycles. The van der Waals surface area contributed by atoms with Gasteiger partial charge in [-0.1, -0.05) is 17.3 Å². The van der Waals surface area contributed by atoms with Crippen LogP contribution in [0, 0.1) is 0 Å². The van der Waals surface area contributed by atoms with E-state index in [2.05, 4.69) is 22.2 Å². The summed E-state index contributed by atoms with van der Waals surface area (Å²) in [5.74, 6) is -0.394. The Balaban J connectivity index is 1.61. The van der Waals surface area contributed by atoms with Crippen LogP contribution >= 0.6 is 0 Å². The molecule has 118 valence electrons. The summed E-state index contributed by atoms with van der Waals surface area (Å²) < 4.78 is 10.3. The van der Waals surface area contributed by atoms with Gasteiger partial charge < -0.3 is 19.2 Å². The van der Waals surface area contributed by atoms with E-state index in [1.165, 1.54) is 5.69 Å². The van der Waals surface area contributed by atoms with Crippen LogP contribution in [0.25, 0.3) is 0 Å². The smallest absolute Gasteiger partial charge is 0.356 e. The number of esters is 1. The van der Waals surface area contributed by atoms with E-state index in [9.17, 15) is 4.79 Å². The summed E-state index contributed by atoms with van der Waals surface area (Å²) in [5.41, 5.74) is 2.54. The van der Waals surface area contributed by atoms with E-state index in [4.69, 9.17) is 14.3 Å². The molecular formula is C16H20N2O4. The number of carbonyl (C=O) groups is 1. The molecule has 0 aromatic heterocycles. The van der Waals surface area contributed by atoms with Gasteiger partial charge in [0.1, 0.15) is 0 Å². The van der Waals surface area contributed by atoms with Gasteiger partial charge in [0.2, 0.25) is 0 Å². The average Bonchev–Trinajstić information content (AvgIpc) is 3.06. The fraction of sp³-hybridized carbons (Fsp3) is 0.500. The maximum absolute atomic E-state index is 11.6. The highest BCUT2D eigenvalue weighted by atomic mass is 16.6. The zero-order valence-electron chi connectivity index (χ0n) is 12.7. The highest BCUT2D eigenvalue weighted by molar-refractivity contribution is 6.36. The largest absolute Gasteiger partial charge is 0.461 e. The molecule has 1 saturated heterocycles. The molecule has 2 aliphatic heterocycles. The van der Waals surface area contributed by atoms with Gasteiger partial charge in [0.25, 0.3) is 0 Å². The molecule has 0 spiro atoms. The van der Waals surface area contributed by atoms with E-state index < -0.39 is 5.97 Å². The lowest BCUT2D eigenvalue weighted by Gasteiger charge is -2.29. The summed E-state index contributed by atoms with van der Waals surface area (Å²) in [4.78, 5) is 19.3. The van der Waals surface area contributed by atoms with Gasteiger partial charge in [-0.15, -0.1) is 0 Å². The van der Waals surface area contributed by atoms with E-state index in [0.717, 1.165) is 31.9 Å². The Kier molecular flexibility index (Phi) is 4.58. The molecule has 22 heavy (non-hydrogen) atoms. The molecule has 0 radical (unpaired) electrons. The van der Waals surface area contributed by atoms with Crippen LogP contribution in [-0.4, -0.2) is 44.6 Å². The lowest BCUT2D eigenvalue weighted by molar-refractivity contribution is -0.135. The Hall–Kier alpha value is -2.08. The number of benzene rings is 1. The summed E-state index contributed by atoms with van der Waals surface area (Å²) in [6, 6.07) is 8.21. The Bertz CT molecular complexity index is 550. The van der Waals surface area contributed by atoms with Crippen molar-refractivity contribution in [3.63, 3.8) is 0 Å². The van der Waals surface area contributed by atoms with Gasteiger partial charge in [0.15, 0.2) is 11.8 Å². The van der Waals surface area contributed by atoms with Gasteiger partial charge >= 0.3 is 5.97 Å². The third-order valence-corrected chi connectivity index (χ3v) is 3.82. The molecule has 1 atom stereocenters. The lowest BCUT2D eigenvalue weighted by Crippen LogP contribution is -2.36. The molecule has 1 unspecified atom stereocenters. The predicted octanol–water partition coefficient (Wildman–Crippen LogP) is 1.90. The standard InChI is InChI=1S/C16H20N2O4/c1-2-21-16(19)14-11-15(22-17-14)12-3-5-13(6-4-12)18-7-9-20-10-8-18/h3-6,15H,2,7-11H2,1H3. The number of anilines is 1. The van der Waals surface area contributed by atoms with Gasteiger partial charge in [-0.05, 0) is 24.6 Å². The van der Waals surface area contributed by atoms with Crippen LogP contribution in [0.3, 0.4) is 0 Å². The summed E-state index contributed by atoms with van der Waals surface area (Å²) in [7, 11) is 0. The molecule has 2 heterocycles. The summed E-state index contributed by atoms with van der Waals surface area (Å²) in [5, 5.41) is 3.84. The van der Waals surface area contributed by atoms with Crippen molar-refractivity contribution in [2.45, 2.75) is 19.4 Å². The van der Waals surface area contributed by atoms with Crippen LogP contribution in [-0.2, 0) is 19.1 Å². The number of hydrogen-bond acceptors (Lipinski definition) is 6. The number of nitrogens with zero attached hydrogens (tertiary/aromatic N) is 2. The Morgan fingerprint density at radius 3 is 2.73 bits per heavy atom. The van der Waals surface area contributed by atoms with Crippen LogP contribution in [0.15, 0.2) is 29.4 Å². The second-order valence-corrected chi connectivity index (χ2v) is 5.25. The van der Waals surface area contributed by atoms with Gasteiger partial charge in [-0.3, -0.25) is 0 Å². The second-order valence-electron chi connectivity index (χ2n) is 5.25. The molecule has 0 N–H and O–H groups in total. The van der Waals surface area contributed by atoms with Gasteiger partial charge in [0.05, 0.1) is 19.8 Å². The Morgan fingerprint density at radius 1 is 1.32 bits per heavy atom. The van der Waals surface area contributed by atoms with Crippen LogP contribution in [0.5, 0.6) is 0 Å². The highest BCUT2D eigenvalue weighted by Gasteiger charge is 2.28. The predicted molar refractivity (Wildman–Crippen MR) is 82.0 cm³/mol. The third-order valence-electron chi connectivity index (χ3n) is 3.82. The first kappa shape index (κ1) is 14.8.